The molecule has 0 fully saturated rings. The quantitative estimate of drug-likeness (QED) is 0.486. The molecule has 3 heteroatoms. The topological polar surface area (TPSA) is 49.3 Å². The number of carbonyl (C=O) groups is 1. The van der Waals surface area contributed by atoms with Crippen LogP contribution in [0.3, 0.4) is 0 Å². The van der Waals surface area contributed by atoms with Crippen molar-refractivity contribution in [1.82, 2.24) is 5.32 Å². The van der Waals surface area contributed by atoms with E-state index in [0.29, 0.717) is 0 Å². The molecule has 0 saturated carbocycles. The number of nitrogens with one attached hydrogen (secondary N) is 1. The number of rotatable bonds is 9. The van der Waals surface area contributed by atoms with Crippen LogP contribution in [0.15, 0.2) is 35.6 Å². The van der Waals surface area contributed by atoms with Crippen LogP contribution in [0.25, 0.3) is 0 Å². The number of hydrogen-bond acceptors (Lipinski definition) is 2. The molecule has 0 aliphatic heterocycles. The molecule has 0 amide bonds. The normalized spacial score (nSPS) is 13.1. The van der Waals surface area contributed by atoms with Crippen LogP contribution in [0.2, 0.25) is 0 Å². The third kappa shape index (κ3) is 8.62. The maximum absolute atomic E-state index is 10.4. The Morgan fingerprint density at radius 1 is 1.28 bits per heavy atom. The fraction of sp³-hybridized carbons (Fsp3) is 0.533. The standard InChI is InChI=1S/C15H25NO2/c1-4-6-7-10-14(13(3)5-2)16-12-9-8-11-15(17)18/h4,6-7,10,16H,5,8-9,11-12H2,1-3H3,(H,17,18)/b6-4-,10-7-,14-13?. The predicted molar refractivity (Wildman–Crippen MR) is 76.4 cm³/mol. The fourth-order valence-electron chi connectivity index (χ4n) is 1.43. The molecule has 0 unspecified atom stereocenters. The molecule has 3 nitrogen and oxygen atoms in total. The van der Waals surface area contributed by atoms with Crippen LogP contribution in [-0.2, 0) is 4.79 Å². The van der Waals surface area contributed by atoms with Gasteiger partial charge in [-0.15, -0.1) is 0 Å². The lowest BCUT2D eigenvalue weighted by Crippen LogP contribution is -2.15. The maximum atomic E-state index is 10.4. The van der Waals surface area contributed by atoms with Crippen LogP contribution < -0.4 is 5.32 Å². The van der Waals surface area contributed by atoms with Crippen molar-refractivity contribution in [3.63, 3.8) is 0 Å². The summed E-state index contributed by atoms with van der Waals surface area (Å²) in [6, 6.07) is 0. The van der Waals surface area contributed by atoms with E-state index in [1.807, 2.05) is 25.2 Å². The van der Waals surface area contributed by atoms with Gasteiger partial charge >= 0.3 is 5.97 Å². The van der Waals surface area contributed by atoms with Crippen molar-refractivity contribution >= 4 is 5.97 Å². The first kappa shape index (κ1) is 16.5. The summed E-state index contributed by atoms with van der Waals surface area (Å²) in [6.45, 7) is 7.05. The average molecular weight is 251 g/mol. The summed E-state index contributed by atoms with van der Waals surface area (Å²) >= 11 is 0. The Balaban J connectivity index is 4.15. The SMILES string of the molecule is C/C=C\C=C/C(NCCCCC(=O)O)=C(C)CC. The van der Waals surface area contributed by atoms with Crippen LogP contribution in [-0.4, -0.2) is 17.6 Å². The molecule has 0 saturated heterocycles. The first-order chi connectivity index (χ1) is 8.61. The lowest BCUT2D eigenvalue weighted by molar-refractivity contribution is -0.137. The molecule has 2 N–H and O–H groups in total. The summed E-state index contributed by atoms with van der Waals surface area (Å²) in [5, 5.41) is 11.9. The summed E-state index contributed by atoms with van der Waals surface area (Å²) in [4.78, 5) is 10.4. The fourth-order valence-corrected chi connectivity index (χ4v) is 1.43. The second-order valence-corrected chi connectivity index (χ2v) is 4.21. The van der Waals surface area contributed by atoms with Gasteiger partial charge in [0.1, 0.15) is 0 Å². The third-order valence-electron chi connectivity index (χ3n) is 2.69. The zero-order chi connectivity index (χ0) is 13.8. The zero-order valence-corrected chi connectivity index (χ0v) is 11.7. The van der Waals surface area contributed by atoms with Crippen molar-refractivity contribution in [2.45, 2.75) is 46.5 Å². The third-order valence-corrected chi connectivity index (χ3v) is 2.69. The molecule has 0 aromatic carbocycles. The first-order valence-corrected chi connectivity index (χ1v) is 6.56. The van der Waals surface area contributed by atoms with Gasteiger partial charge < -0.3 is 10.4 Å². The number of carboxylic acid groups (broad SMARTS) is 1. The van der Waals surface area contributed by atoms with E-state index in [9.17, 15) is 4.79 Å². The summed E-state index contributed by atoms with van der Waals surface area (Å²) in [5.41, 5.74) is 2.46. The van der Waals surface area contributed by atoms with E-state index in [2.05, 4.69) is 25.2 Å². The molecule has 18 heavy (non-hydrogen) atoms. The highest BCUT2D eigenvalue weighted by molar-refractivity contribution is 5.66. The molecule has 0 spiro atoms. The maximum Gasteiger partial charge on any atom is 0.303 e. The number of hydrogen-bond donors (Lipinski definition) is 2. The van der Waals surface area contributed by atoms with E-state index in [0.717, 1.165) is 31.5 Å². The van der Waals surface area contributed by atoms with Crippen molar-refractivity contribution in [2.75, 3.05) is 6.54 Å². The molecule has 0 aromatic rings. The minimum absolute atomic E-state index is 0.252. The summed E-state index contributed by atoms with van der Waals surface area (Å²) in [5.74, 6) is -0.719. The number of unbranched alkanes of at least 4 members (excludes halogenated alkanes) is 1. The highest BCUT2D eigenvalue weighted by Crippen LogP contribution is 2.07. The van der Waals surface area contributed by atoms with Gasteiger partial charge in [0, 0.05) is 18.7 Å². The van der Waals surface area contributed by atoms with Gasteiger partial charge in [-0.1, -0.05) is 30.7 Å². The van der Waals surface area contributed by atoms with Crippen molar-refractivity contribution in [1.29, 1.82) is 0 Å². The largest absolute Gasteiger partial charge is 0.481 e. The number of carboxylic acids is 1. The lowest BCUT2D eigenvalue weighted by Gasteiger charge is -2.10. The highest BCUT2D eigenvalue weighted by atomic mass is 16.4. The minimum atomic E-state index is -0.719. The van der Waals surface area contributed by atoms with Gasteiger partial charge in [-0.2, -0.15) is 0 Å². The summed E-state index contributed by atoms with van der Waals surface area (Å²) < 4.78 is 0. The van der Waals surface area contributed by atoms with Crippen molar-refractivity contribution in [3.8, 4) is 0 Å². The van der Waals surface area contributed by atoms with E-state index < -0.39 is 5.97 Å². The Morgan fingerprint density at radius 2 is 2.00 bits per heavy atom. The van der Waals surface area contributed by atoms with Gasteiger partial charge in [-0.05, 0) is 39.2 Å². The van der Waals surface area contributed by atoms with Gasteiger partial charge in [0.15, 0.2) is 0 Å². The van der Waals surface area contributed by atoms with Crippen LogP contribution in [0.1, 0.15) is 46.5 Å². The van der Waals surface area contributed by atoms with Crippen LogP contribution in [0.4, 0.5) is 0 Å². The molecule has 0 aliphatic carbocycles. The smallest absolute Gasteiger partial charge is 0.303 e. The van der Waals surface area contributed by atoms with E-state index in [1.165, 1.54) is 5.57 Å². The Kier molecular flexibility index (Phi) is 9.74. The van der Waals surface area contributed by atoms with Crippen LogP contribution >= 0.6 is 0 Å². The summed E-state index contributed by atoms with van der Waals surface area (Å²) in [6.07, 6.45) is 10.9. The number of allylic oxidation sites excluding steroid dienone is 5. The summed E-state index contributed by atoms with van der Waals surface area (Å²) in [7, 11) is 0. The lowest BCUT2D eigenvalue weighted by atomic mass is 10.1. The van der Waals surface area contributed by atoms with Gasteiger partial charge in [0.05, 0.1) is 0 Å². The Bertz CT molecular complexity index is 327. The Morgan fingerprint density at radius 3 is 2.56 bits per heavy atom. The average Bonchev–Trinajstić information content (AvgIpc) is 2.35. The second kappa shape index (κ2) is 10.6. The monoisotopic (exact) mass is 251 g/mol. The molecule has 0 atom stereocenters. The Labute approximate surface area is 110 Å². The van der Waals surface area contributed by atoms with Gasteiger partial charge in [0.2, 0.25) is 0 Å². The molecule has 102 valence electrons. The van der Waals surface area contributed by atoms with Crippen LogP contribution in [0, 0.1) is 0 Å². The minimum Gasteiger partial charge on any atom is -0.481 e. The van der Waals surface area contributed by atoms with Gasteiger partial charge in [0.25, 0.3) is 0 Å². The molecule has 0 aromatic heterocycles. The molecule has 0 heterocycles. The van der Waals surface area contributed by atoms with Crippen LogP contribution in [0.5, 0.6) is 0 Å². The molecule has 0 aliphatic rings. The molecule has 0 radical (unpaired) electrons. The molecule has 0 rings (SSSR count). The van der Waals surface area contributed by atoms with E-state index >= 15 is 0 Å². The van der Waals surface area contributed by atoms with E-state index in [1.54, 1.807) is 0 Å². The van der Waals surface area contributed by atoms with Crippen molar-refractivity contribution in [3.05, 3.63) is 35.6 Å². The number of aliphatic carboxylic acids is 1. The predicted octanol–water partition coefficient (Wildman–Crippen LogP) is 3.65. The molecule has 0 bridgehead atoms. The zero-order valence-electron chi connectivity index (χ0n) is 11.7. The van der Waals surface area contributed by atoms with Gasteiger partial charge in [-0.3, -0.25) is 4.79 Å². The second-order valence-electron chi connectivity index (χ2n) is 4.21. The first-order valence-electron chi connectivity index (χ1n) is 6.56. The van der Waals surface area contributed by atoms with Crippen molar-refractivity contribution < 1.29 is 9.90 Å². The Hall–Kier alpha value is -1.51. The van der Waals surface area contributed by atoms with E-state index in [-0.39, 0.29) is 6.42 Å². The molecular formula is C15H25NO2. The molecular weight excluding hydrogens is 226 g/mol. The highest BCUT2D eigenvalue weighted by Gasteiger charge is 1.98. The van der Waals surface area contributed by atoms with Gasteiger partial charge in [-0.25, -0.2) is 0 Å². The van der Waals surface area contributed by atoms with E-state index in [4.69, 9.17) is 5.11 Å². The van der Waals surface area contributed by atoms with Crippen molar-refractivity contribution in [2.24, 2.45) is 0 Å².